The fourth-order valence-electron chi connectivity index (χ4n) is 2.14. The summed E-state index contributed by atoms with van der Waals surface area (Å²) in [5, 5.41) is 4.94. The molecule has 3 aromatic rings. The lowest BCUT2D eigenvalue weighted by atomic mass is 10.1. The normalized spacial score (nSPS) is 10.3. The Morgan fingerprint density at radius 3 is 2.52 bits per heavy atom. The van der Waals surface area contributed by atoms with Crippen LogP contribution in [0.1, 0.15) is 10.5 Å². The molecule has 0 saturated carbocycles. The molecule has 21 heavy (non-hydrogen) atoms. The van der Waals surface area contributed by atoms with Gasteiger partial charge in [-0.1, -0.05) is 24.3 Å². The maximum Gasteiger partial charge on any atom is 0.357 e. The van der Waals surface area contributed by atoms with Crippen molar-refractivity contribution < 1.29 is 9.53 Å². The van der Waals surface area contributed by atoms with E-state index in [2.05, 4.69) is 15.3 Å². The summed E-state index contributed by atoms with van der Waals surface area (Å²) >= 11 is 0. The standard InChI is InChI=1S/C16H13N3O2/c1-21-16(20)15-13-5-3-2-4-12(13)14(10-18-15)19-11-6-8-17-9-7-11/h2-10H,1H3,(H,17,19). The van der Waals surface area contributed by atoms with Gasteiger partial charge < -0.3 is 10.1 Å². The minimum absolute atomic E-state index is 0.313. The summed E-state index contributed by atoms with van der Waals surface area (Å²) in [5.41, 5.74) is 2.04. The molecule has 0 aliphatic carbocycles. The molecule has 0 fully saturated rings. The maximum atomic E-state index is 11.8. The first kappa shape index (κ1) is 13.1. The van der Waals surface area contributed by atoms with Crippen molar-refractivity contribution in [3.63, 3.8) is 0 Å². The van der Waals surface area contributed by atoms with E-state index in [1.54, 1.807) is 18.6 Å². The van der Waals surface area contributed by atoms with Crippen molar-refractivity contribution in [2.45, 2.75) is 0 Å². The molecule has 0 atom stereocenters. The third kappa shape index (κ3) is 2.53. The molecule has 0 spiro atoms. The number of pyridine rings is 2. The van der Waals surface area contributed by atoms with Gasteiger partial charge in [-0.15, -0.1) is 0 Å². The number of anilines is 2. The third-order valence-corrected chi connectivity index (χ3v) is 3.13. The van der Waals surface area contributed by atoms with E-state index in [0.29, 0.717) is 5.69 Å². The number of ether oxygens (including phenoxy) is 1. The van der Waals surface area contributed by atoms with Crippen LogP contribution in [0.25, 0.3) is 10.8 Å². The van der Waals surface area contributed by atoms with Gasteiger partial charge in [0.15, 0.2) is 5.69 Å². The van der Waals surface area contributed by atoms with Crippen LogP contribution in [0.3, 0.4) is 0 Å². The van der Waals surface area contributed by atoms with Gasteiger partial charge in [0.05, 0.1) is 19.0 Å². The van der Waals surface area contributed by atoms with Gasteiger partial charge in [-0.25, -0.2) is 9.78 Å². The highest BCUT2D eigenvalue weighted by Gasteiger charge is 2.14. The predicted molar refractivity (Wildman–Crippen MR) is 80.6 cm³/mol. The van der Waals surface area contributed by atoms with Crippen LogP contribution in [0.2, 0.25) is 0 Å². The first-order chi connectivity index (χ1) is 10.3. The van der Waals surface area contributed by atoms with Gasteiger partial charge in [-0.05, 0) is 12.1 Å². The molecule has 0 saturated heterocycles. The van der Waals surface area contributed by atoms with E-state index in [1.165, 1.54) is 7.11 Å². The zero-order valence-electron chi connectivity index (χ0n) is 11.4. The van der Waals surface area contributed by atoms with Crippen molar-refractivity contribution in [3.8, 4) is 0 Å². The van der Waals surface area contributed by atoms with Crippen molar-refractivity contribution in [1.82, 2.24) is 9.97 Å². The minimum Gasteiger partial charge on any atom is -0.464 e. The van der Waals surface area contributed by atoms with Gasteiger partial charge in [0.2, 0.25) is 0 Å². The summed E-state index contributed by atoms with van der Waals surface area (Å²) in [4.78, 5) is 20.0. The lowest BCUT2D eigenvalue weighted by Crippen LogP contribution is -2.06. The summed E-state index contributed by atoms with van der Waals surface area (Å²) in [6.07, 6.45) is 5.05. The molecular weight excluding hydrogens is 266 g/mol. The van der Waals surface area contributed by atoms with E-state index < -0.39 is 5.97 Å². The molecule has 1 aromatic carbocycles. The molecule has 2 aromatic heterocycles. The summed E-state index contributed by atoms with van der Waals surface area (Å²) in [5.74, 6) is -0.443. The number of nitrogens with one attached hydrogen (secondary N) is 1. The molecule has 1 N–H and O–H groups in total. The Hall–Kier alpha value is -2.95. The average Bonchev–Trinajstić information content (AvgIpc) is 2.55. The Balaban J connectivity index is 2.11. The van der Waals surface area contributed by atoms with Crippen LogP contribution in [-0.4, -0.2) is 23.0 Å². The Kier molecular flexibility index (Phi) is 3.47. The minimum atomic E-state index is -0.443. The smallest absolute Gasteiger partial charge is 0.357 e. The third-order valence-electron chi connectivity index (χ3n) is 3.13. The zero-order valence-corrected chi connectivity index (χ0v) is 11.4. The number of benzene rings is 1. The second kappa shape index (κ2) is 5.58. The highest BCUT2D eigenvalue weighted by Crippen LogP contribution is 2.27. The number of rotatable bonds is 3. The van der Waals surface area contributed by atoms with E-state index in [4.69, 9.17) is 4.74 Å². The average molecular weight is 279 g/mol. The molecule has 5 heteroatoms. The topological polar surface area (TPSA) is 64.1 Å². The number of esters is 1. The molecule has 0 amide bonds. The molecule has 5 nitrogen and oxygen atoms in total. The van der Waals surface area contributed by atoms with E-state index in [9.17, 15) is 4.79 Å². The molecule has 0 radical (unpaired) electrons. The Bertz CT molecular complexity index is 788. The fraction of sp³-hybridized carbons (Fsp3) is 0.0625. The number of hydrogen-bond acceptors (Lipinski definition) is 5. The van der Waals surface area contributed by atoms with Crippen LogP contribution in [0.5, 0.6) is 0 Å². The van der Waals surface area contributed by atoms with E-state index >= 15 is 0 Å². The van der Waals surface area contributed by atoms with Crippen LogP contribution in [-0.2, 0) is 4.74 Å². The lowest BCUT2D eigenvalue weighted by Gasteiger charge is -2.11. The number of methoxy groups -OCH3 is 1. The first-order valence-electron chi connectivity index (χ1n) is 6.42. The summed E-state index contributed by atoms with van der Waals surface area (Å²) in [7, 11) is 1.35. The van der Waals surface area contributed by atoms with E-state index in [1.807, 2.05) is 36.4 Å². The van der Waals surface area contributed by atoms with Crippen LogP contribution in [0, 0.1) is 0 Å². The number of fused-ring (bicyclic) bond motifs is 1. The van der Waals surface area contributed by atoms with Gasteiger partial charge in [-0.3, -0.25) is 4.98 Å². The highest BCUT2D eigenvalue weighted by atomic mass is 16.5. The second-order valence-corrected chi connectivity index (χ2v) is 4.42. The highest BCUT2D eigenvalue weighted by molar-refractivity contribution is 6.06. The molecule has 0 bridgehead atoms. The number of carbonyl (C=O) groups is 1. The van der Waals surface area contributed by atoms with Crippen molar-refractivity contribution in [2.75, 3.05) is 12.4 Å². The van der Waals surface area contributed by atoms with E-state index in [0.717, 1.165) is 22.1 Å². The fourth-order valence-corrected chi connectivity index (χ4v) is 2.14. The van der Waals surface area contributed by atoms with Gasteiger partial charge in [0.25, 0.3) is 0 Å². The number of aromatic nitrogens is 2. The zero-order chi connectivity index (χ0) is 14.7. The number of hydrogen-bond donors (Lipinski definition) is 1. The number of nitrogens with zero attached hydrogens (tertiary/aromatic N) is 2. The maximum absolute atomic E-state index is 11.8. The van der Waals surface area contributed by atoms with Gasteiger partial charge in [-0.2, -0.15) is 0 Å². The van der Waals surface area contributed by atoms with Crippen molar-refractivity contribution in [2.24, 2.45) is 0 Å². The molecule has 0 aliphatic rings. The van der Waals surface area contributed by atoms with Crippen LogP contribution in [0.15, 0.2) is 55.0 Å². The first-order valence-corrected chi connectivity index (χ1v) is 6.42. The Labute approximate surface area is 121 Å². The van der Waals surface area contributed by atoms with Crippen molar-refractivity contribution in [1.29, 1.82) is 0 Å². The van der Waals surface area contributed by atoms with Gasteiger partial charge in [0.1, 0.15) is 0 Å². The Morgan fingerprint density at radius 2 is 1.81 bits per heavy atom. The van der Waals surface area contributed by atoms with Crippen molar-refractivity contribution >= 4 is 28.1 Å². The second-order valence-electron chi connectivity index (χ2n) is 4.42. The Morgan fingerprint density at radius 1 is 1.10 bits per heavy atom. The van der Waals surface area contributed by atoms with Crippen LogP contribution < -0.4 is 5.32 Å². The van der Waals surface area contributed by atoms with Crippen LogP contribution in [0.4, 0.5) is 11.4 Å². The number of carbonyl (C=O) groups excluding carboxylic acids is 1. The molecular formula is C16H13N3O2. The van der Waals surface area contributed by atoms with Crippen LogP contribution >= 0.6 is 0 Å². The summed E-state index contributed by atoms with van der Waals surface area (Å²) < 4.78 is 4.77. The molecule has 104 valence electrons. The predicted octanol–water partition coefficient (Wildman–Crippen LogP) is 3.16. The summed E-state index contributed by atoms with van der Waals surface area (Å²) in [6, 6.07) is 11.3. The molecule has 0 aliphatic heterocycles. The largest absolute Gasteiger partial charge is 0.464 e. The summed E-state index contributed by atoms with van der Waals surface area (Å²) in [6.45, 7) is 0. The van der Waals surface area contributed by atoms with Gasteiger partial charge >= 0.3 is 5.97 Å². The lowest BCUT2D eigenvalue weighted by molar-refractivity contribution is 0.0596. The quantitative estimate of drug-likeness (QED) is 0.746. The molecule has 3 rings (SSSR count). The SMILES string of the molecule is COC(=O)c1ncc(Nc2ccncc2)c2ccccc12. The molecule has 0 unspecified atom stereocenters. The van der Waals surface area contributed by atoms with Crippen molar-refractivity contribution in [3.05, 3.63) is 60.7 Å². The van der Waals surface area contributed by atoms with Gasteiger partial charge in [0, 0.05) is 28.9 Å². The molecule has 2 heterocycles. The van der Waals surface area contributed by atoms with E-state index in [-0.39, 0.29) is 0 Å². The monoisotopic (exact) mass is 279 g/mol.